The van der Waals surface area contributed by atoms with E-state index in [-0.39, 0.29) is 11.8 Å². The number of pyridine rings is 1. The quantitative estimate of drug-likeness (QED) is 0.662. The summed E-state index contributed by atoms with van der Waals surface area (Å²) in [5.41, 5.74) is 1.28. The Bertz CT molecular complexity index is 952. The number of amides is 1. The summed E-state index contributed by atoms with van der Waals surface area (Å²) >= 11 is 0. The van der Waals surface area contributed by atoms with Crippen molar-refractivity contribution in [1.82, 2.24) is 24.8 Å². The first kappa shape index (κ1) is 17.8. The van der Waals surface area contributed by atoms with E-state index in [4.69, 9.17) is 4.42 Å². The summed E-state index contributed by atoms with van der Waals surface area (Å²) in [5.74, 6) is 0.914. The fourth-order valence-corrected chi connectivity index (χ4v) is 4.08. The molecule has 5 rings (SSSR count). The molecule has 2 aliphatic rings. The number of fused-ring (bicyclic) bond motifs is 1. The average Bonchev–Trinajstić information content (AvgIpc) is 3.24. The van der Waals surface area contributed by atoms with Gasteiger partial charge in [-0.05, 0) is 31.0 Å². The van der Waals surface area contributed by atoms with E-state index in [1.165, 1.54) is 0 Å². The van der Waals surface area contributed by atoms with Crippen molar-refractivity contribution in [3.8, 4) is 0 Å². The first-order valence-electron chi connectivity index (χ1n) is 10.1. The number of aromatic nitrogens is 4. The molecule has 2 saturated heterocycles. The zero-order valence-electron chi connectivity index (χ0n) is 16.1. The molecule has 0 aromatic carbocycles. The maximum absolute atomic E-state index is 13.1. The minimum atomic E-state index is -0.0359. The molecule has 5 heterocycles. The third kappa shape index (κ3) is 3.59. The van der Waals surface area contributed by atoms with Crippen molar-refractivity contribution < 1.29 is 9.21 Å². The van der Waals surface area contributed by atoms with Crippen LogP contribution < -0.4 is 9.80 Å². The van der Waals surface area contributed by atoms with Gasteiger partial charge in [0.15, 0.2) is 5.58 Å². The highest BCUT2D eigenvalue weighted by Gasteiger charge is 2.32. The van der Waals surface area contributed by atoms with E-state index in [2.05, 4.69) is 29.7 Å². The first-order valence-corrected chi connectivity index (χ1v) is 10.1. The summed E-state index contributed by atoms with van der Waals surface area (Å²) in [4.78, 5) is 36.6. The molecular weight excluding hydrogens is 370 g/mol. The molecule has 0 bridgehead atoms. The van der Waals surface area contributed by atoms with Gasteiger partial charge in [-0.3, -0.25) is 4.79 Å². The van der Waals surface area contributed by atoms with Gasteiger partial charge in [0.05, 0.1) is 5.92 Å². The van der Waals surface area contributed by atoms with E-state index in [1.54, 1.807) is 18.6 Å². The van der Waals surface area contributed by atoms with Crippen LogP contribution in [-0.2, 0) is 4.79 Å². The first-order chi connectivity index (χ1) is 14.3. The monoisotopic (exact) mass is 393 g/mol. The third-order valence-corrected chi connectivity index (χ3v) is 5.62. The number of carbonyl (C=O) groups excluding carboxylic acids is 1. The number of anilines is 2. The van der Waals surface area contributed by atoms with Crippen molar-refractivity contribution in [2.75, 3.05) is 49.1 Å². The number of nitrogens with zero attached hydrogens (tertiary/aromatic N) is 7. The van der Waals surface area contributed by atoms with Gasteiger partial charge in [-0.25, -0.2) is 15.0 Å². The molecule has 1 amide bonds. The maximum atomic E-state index is 13.1. The van der Waals surface area contributed by atoms with Gasteiger partial charge in [-0.1, -0.05) is 0 Å². The van der Waals surface area contributed by atoms with Crippen LogP contribution in [0.25, 0.3) is 11.2 Å². The van der Waals surface area contributed by atoms with Gasteiger partial charge < -0.3 is 19.1 Å². The van der Waals surface area contributed by atoms with E-state index in [9.17, 15) is 4.79 Å². The van der Waals surface area contributed by atoms with Gasteiger partial charge in [-0.2, -0.15) is 4.98 Å². The SMILES string of the molecule is O=C(C1CCCN(c2nc3ncccc3o2)C1)N1CCN(c2ncccn2)CC1. The van der Waals surface area contributed by atoms with Crippen LogP contribution in [0.1, 0.15) is 12.8 Å². The Morgan fingerprint density at radius 1 is 0.966 bits per heavy atom. The fraction of sp³-hybridized carbons (Fsp3) is 0.450. The van der Waals surface area contributed by atoms with Gasteiger partial charge in [0, 0.05) is 57.9 Å². The molecule has 3 aromatic heterocycles. The van der Waals surface area contributed by atoms with Crippen LogP contribution in [0.15, 0.2) is 41.2 Å². The lowest BCUT2D eigenvalue weighted by Crippen LogP contribution is -2.53. The van der Waals surface area contributed by atoms with Crippen molar-refractivity contribution >= 4 is 29.1 Å². The second kappa shape index (κ2) is 7.65. The molecule has 0 N–H and O–H groups in total. The van der Waals surface area contributed by atoms with Gasteiger partial charge in [-0.15, -0.1) is 0 Å². The number of carbonyl (C=O) groups is 1. The second-order valence-corrected chi connectivity index (χ2v) is 7.47. The molecule has 29 heavy (non-hydrogen) atoms. The molecule has 1 unspecified atom stereocenters. The van der Waals surface area contributed by atoms with Gasteiger partial charge >= 0.3 is 0 Å². The largest absolute Gasteiger partial charge is 0.422 e. The molecule has 9 heteroatoms. The molecule has 3 aromatic rings. The summed E-state index contributed by atoms with van der Waals surface area (Å²) in [6, 6.07) is 6.06. The number of rotatable bonds is 3. The average molecular weight is 393 g/mol. The van der Waals surface area contributed by atoms with E-state index < -0.39 is 0 Å². The van der Waals surface area contributed by atoms with Crippen molar-refractivity contribution in [2.24, 2.45) is 5.92 Å². The summed E-state index contributed by atoms with van der Waals surface area (Å²) in [5, 5.41) is 0. The molecular formula is C20H23N7O2. The maximum Gasteiger partial charge on any atom is 0.299 e. The van der Waals surface area contributed by atoms with E-state index in [0.29, 0.717) is 36.9 Å². The zero-order valence-corrected chi connectivity index (χ0v) is 16.1. The smallest absolute Gasteiger partial charge is 0.299 e. The Labute approximate surface area is 168 Å². The van der Waals surface area contributed by atoms with Crippen molar-refractivity contribution in [3.63, 3.8) is 0 Å². The Balaban J connectivity index is 1.22. The van der Waals surface area contributed by atoms with Crippen LogP contribution in [0, 0.1) is 5.92 Å². The van der Waals surface area contributed by atoms with Crippen molar-refractivity contribution in [2.45, 2.75) is 12.8 Å². The minimum Gasteiger partial charge on any atom is -0.422 e. The van der Waals surface area contributed by atoms with Crippen LogP contribution in [0.4, 0.5) is 12.0 Å². The standard InChI is InChI=1S/C20H23N7O2/c28-18(25-10-12-26(13-11-25)19-22-7-3-8-23-19)15-4-2-9-27(14-15)20-24-17-16(29-20)5-1-6-21-17/h1,3,5-8,15H,2,4,9-14H2. The molecule has 0 aliphatic carbocycles. The highest BCUT2D eigenvalue weighted by Crippen LogP contribution is 2.27. The number of hydrogen-bond acceptors (Lipinski definition) is 8. The van der Waals surface area contributed by atoms with Gasteiger partial charge in [0.1, 0.15) is 0 Å². The van der Waals surface area contributed by atoms with Crippen LogP contribution in [0.5, 0.6) is 0 Å². The molecule has 0 saturated carbocycles. The van der Waals surface area contributed by atoms with Gasteiger partial charge in [0.2, 0.25) is 17.5 Å². The Hall–Kier alpha value is -3.23. The topological polar surface area (TPSA) is 91.5 Å². The van der Waals surface area contributed by atoms with Crippen LogP contribution >= 0.6 is 0 Å². The molecule has 0 spiro atoms. The number of oxazole rings is 1. The molecule has 9 nitrogen and oxygen atoms in total. The van der Waals surface area contributed by atoms with Crippen LogP contribution in [0.3, 0.4) is 0 Å². The summed E-state index contributed by atoms with van der Waals surface area (Å²) in [7, 11) is 0. The lowest BCUT2D eigenvalue weighted by molar-refractivity contribution is -0.136. The normalized spacial score (nSPS) is 20.3. The second-order valence-electron chi connectivity index (χ2n) is 7.47. The predicted molar refractivity (Wildman–Crippen MR) is 108 cm³/mol. The Kier molecular flexibility index (Phi) is 4.71. The van der Waals surface area contributed by atoms with E-state index >= 15 is 0 Å². The minimum absolute atomic E-state index is 0.0359. The Morgan fingerprint density at radius 2 is 1.76 bits per heavy atom. The molecule has 2 fully saturated rings. The lowest BCUT2D eigenvalue weighted by atomic mass is 9.96. The highest BCUT2D eigenvalue weighted by atomic mass is 16.4. The predicted octanol–water partition coefficient (Wildman–Crippen LogP) is 1.58. The number of piperidine rings is 1. The summed E-state index contributed by atoms with van der Waals surface area (Å²) in [6.07, 6.45) is 7.05. The lowest BCUT2D eigenvalue weighted by Gasteiger charge is -2.38. The third-order valence-electron chi connectivity index (χ3n) is 5.62. The van der Waals surface area contributed by atoms with Crippen molar-refractivity contribution in [1.29, 1.82) is 0 Å². The van der Waals surface area contributed by atoms with E-state index in [0.717, 1.165) is 38.4 Å². The molecule has 2 aliphatic heterocycles. The molecule has 150 valence electrons. The fourth-order valence-electron chi connectivity index (χ4n) is 4.08. The summed E-state index contributed by atoms with van der Waals surface area (Å²) < 4.78 is 5.85. The van der Waals surface area contributed by atoms with E-state index in [1.807, 2.05) is 23.1 Å². The Morgan fingerprint density at radius 3 is 2.55 bits per heavy atom. The molecule has 1 atom stereocenters. The molecule has 0 radical (unpaired) electrons. The zero-order chi connectivity index (χ0) is 19.6. The van der Waals surface area contributed by atoms with Crippen LogP contribution in [-0.4, -0.2) is 70.0 Å². The van der Waals surface area contributed by atoms with Crippen LogP contribution in [0.2, 0.25) is 0 Å². The number of piperazine rings is 1. The van der Waals surface area contributed by atoms with Gasteiger partial charge in [0.25, 0.3) is 6.01 Å². The van der Waals surface area contributed by atoms with Crippen molar-refractivity contribution in [3.05, 3.63) is 36.8 Å². The summed E-state index contributed by atoms with van der Waals surface area (Å²) in [6.45, 7) is 4.37. The highest BCUT2D eigenvalue weighted by molar-refractivity contribution is 5.80. The number of hydrogen-bond donors (Lipinski definition) is 0.